The van der Waals surface area contributed by atoms with Gasteiger partial charge in [0, 0.05) is 0 Å². The number of aromatic nitrogens is 1. The number of esters is 1. The number of anilines is 1. The number of hydrogen-bond donors (Lipinski definition) is 3. The number of aliphatic hydroxyl groups excluding tert-OH is 1. The van der Waals surface area contributed by atoms with Crippen LogP contribution in [-0.2, 0) is 9.53 Å². The van der Waals surface area contributed by atoms with Crippen molar-refractivity contribution in [2.75, 3.05) is 19.0 Å². The van der Waals surface area contributed by atoms with Crippen molar-refractivity contribution in [2.24, 2.45) is 5.73 Å². The number of methoxy groups -OCH3 is 1. The molecule has 0 spiro atoms. The number of primary amides is 1. The van der Waals surface area contributed by atoms with E-state index < -0.39 is 18.0 Å². The Labute approximate surface area is 104 Å². The summed E-state index contributed by atoms with van der Waals surface area (Å²) in [6.45, 7) is 1.61. The van der Waals surface area contributed by atoms with Gasteiger partial charge in [-0.15, -0.1) is 0 Å². The molecule has 0 fully saturated rings. The van der Waals surface area contributed by atoms with Crippen molar-refractivity contribution >= 4 is 17.7 Å². The number of nitrogens with one attached hydrogen (secondary N) is 1. The van der Waals surface area contributed by atoms with Gasteiger partial charge in [0.05, 0.1) is 24.9 Å². The third-order valence-electron chi connectivity index (χ3n) is 2.30. The number of ether oxygens (including phenoxy) is 1. The van der Waals surface area contributed by atoms with Gasteiger partial charge in [0.2, 0.25) is 5.91 Å². The molecule has 1 heterocycles. The fourth-order valence-electron chi connectivity index (χ4n) is 1.29. The van der Waals surface area contributed by atoms with Gasteiger partial charge in [0.25, 0.3) is 0 Å². The Morgan fingerprint density at radius 1 is 1.56 bits per heavy atom. The summed E-state index contributed by atoms with van der Waals surface area (Å²) in [7, 11) is 1.29. The van der Waals surface area contributed by atoms with Crippen molar-refractivity contribution < 1.29 is 19.4 Å². The summed E-state index contributed by atoms with van der Waals surface area (Å²) in [6.07, 6.45) is -1.28. The summed E-state index contributed by atoms with van der Waals surface area (Å²) >= 11 is 0. The normalized spacial score (nSPS) is 11.7. The highest BCUT2D eigenvalue weighted by molar-refractivity contribution is 5.90. The van der Waals surface area contributed by atoms with Crippen LogP contribution in [0.3, 0.4) is 0 Å². The Hall–Kier alpha value is -2.15. The number of pyridine rings is 1. The number of aryl methyl sites for hydroxylation is 1. The number of nitrogens with zero attached hydrogens (tertiary/aromatic N) is 1. The fourth-order valence-corrected chi connectivity index (χ4v) is 1.29. The maximum absolute atomic E-state index is 11.3. The van der Waals surface area contributed by atoms with Gasteiger partial charge in [-0.05, 0) is 19.1 Å². The van der Waals surface area contributed by atoms with E-state index in [4.69, 9.17) is 5.73 Å². The van der Waals surface area contributed by atoms with Crippen LogP contribution in [0.25, 0.3) is 0 Å². The van der Waals surface area contributed by atoms with Crippen LogP contribution in [0.1, 0.15) is 16.1 Å². The average molecular weight is 253 g/mol. The number of aliphatic hydroxyl groups is 1. The van der Waals surface area contributed by atoms with Gasteiger partial charge in [-0.2, -0.15) is 0 Å². The molecule has 4 N–H and O–H groups in total. The number of amides is 1. The van der Waals surface area contributed by atoms with E-state index in [0.717, 1.165) is 0 Å². The summed E-state index contributed by atoms with van der Waals surface area (Å²) in [5.74, 6) is -0.852. The van der Waals surface area contributed by atoms with Gasteiger partial charge in [0.15, 0.2) is 0 Å². The molecule has 98 valence electrons. The highest BCUT2D eigenvalue weighted by Gasteiger charge is 2.13. The molecule has 1 amide bonds. The lowest BCUT2D eigenvalue weighted by atomic mass is 10.2. The molecule has 18 heavy (non-hydrogen) atoms. The van der Waals surface area contributed by atoms with E-state index in [1.54, 1.807) is 19.1 Å². The molecular weight excluding hydrogens is 238 g/mol. The molecule has 0 saturated carbocycles. The average Bonchev–Trinajstić information content (AvgIpc) is 2.34. The van der Waals surface area contributed by atoms with Gasteiger partial charge in [-0.3, -0.25) is 4.79 Å². The number of carbonyl (C=O) groups is 2. The van der Waals surface area contributed by atoms with E-state index >= 15 is 0 Å². The molecule has 1 unspecified atom stereocenters. The molecule has 7 heteroatoms. The number of rotatable bonds is 5. The minimum Gasteiger partial charge on any atom is -0.465 e. The van der Waals surface area contributed by atoms with Crippen molar-refractivity contribution in [3.05, 3.63) is 23.4 Å². The zero-order valence-electron chi connectivity index (χ0n) is 10.1. The minimum absolute atomic E-state index is 0.0423. The number of carbonyl (C=O) groups excluding carboxylic acids is 2. The molecule has 1 aromatic rings. The maximum Gasteiger partial charge on any atom is 0.339 e. The monoisotopic (exact) mass is 253 g/mol. The van der Waals surface area contributed by atoms with E-state index in [0.29, 0.717) is 17.1 Å². The summed E-state index contributed by atoms with van der Waals surface area (Å²) in [6, 6.07) is 3.10. The predicted molar refractivity (Wildman–Crippen MR) is 64.0 cm³/mol. The first-order chi connectivity index (χ1) is 8.45. The Morgan fingerprint density at radius 2 is 2.22 bits per heavy atom. The molecule has 0 aliphatic rings. The van der Waals surface area contributed by atoms with Crippen molar-refractivity contribution in [3.8, 4) is 0 Å². The van der Waals surface area contributed by atoms with E-state index in [-0.39, 0.29) is 6.54 Å². The molecule has 0 saturated heterocycles. The smallest absolute Gasteiger partial charge is 0.339 e. The lowest BCUT2D eigenvalue weighted by Crippen LogP contribution is -2.34. The Kier molecular flexibility index (Phi) is 4.61. The second-order valence-corrected chi connectivity index (χ2v) is 3.62. The zero-order chi connectivity index (χ0) is 13.7. The molecule has 1 atom stereocenters. The van der Waals surface area contributed by atoms with E-state index in [1.165, 1.54) is 7.11 Å². The predicted octanol–water partition coefficient (Wildman–Crippen LogP) is -0.565. The van der Waals surface area contributed by atoms with Crippen molar-refractivity contribution in [2.45, 2.75) is 13.0 Å². The number of hydrogen-bond acceptors (Lipinski definition) is 6. The van der Waals surface area contributed by atoms with Crippen LogP contribution in [-0.4, -0.2) is 41.7 Å². The van der Waals surface area contributed by atoms with Gasteiger partial charge < -0.3 is 20.9 Å². The standard InChI is InChI=1S/C11H15N3O4/c1-6-7(11(17)18-2)3-4-9(14-6)13-5-8(15)10(12)16/h3-4,8,15H,5H2,1-2H3,(H2,12,16)(H,13,14). The SMILES string of the molecule is COC(=O)c1ccc(NCC(O)C(N)=O)nc1C. The van der Waals surface area contributed by atoms with Gasteiger partial charge in [-0.1, -0.05) is 0 Å². The first kappa shape index (κ1) is 13.9. The molecule has 1 aromatic heterocycles. The van der Waals surface area contributed by atoms with Crippen LogP contribution in [0.15, 0.2) is 12.1 Å². The topological polar surface area (TPSA) is 115 Å². The molecule has 0 aliphatic heterocycles. The van der Waals surface area contributed by atoms with Gasteiger partial charge >= 0.3 is 5.97 Å². The summed E-state index contributed by atoms with van der Waals surface area (Å²) in [5, 5.41) is 11.9. The fraction of sp³-hybridized carbons (Fsp3) is 0.364. The highest BCUT2D eigenvalue weighted by Crippen LogP contribution is 2.11. The summed E-state index contributed by atoms with van der Waals surface area (Å²) < 4.78 is 4.59. The van der Waals surface area contributed by atoms with Crippen molar-refractivity contribution in [3.63, 3.8) is 0 Å². The summed E-state index contributed by atoms with van der Waals surface area (Å²) in [5.41, 5.74) is 5.75. The quantitative estimate of drug-likeness (QED) is 0.606. The Morgan fingerprint density at radius 3 is 2.72 bits per heavy atom. The van der Waals surface area contributed by atoms with E-state index in [1.807, 2.05) is 0 Å². The van der Waals surface area contributed by atoms with Crippen molar-refractivity contribution in [1.29, 1.82) is 0 Å². The van der Waals surface area contributed by atoms with Crippen LogP contribution >= 0.6 is 0 Å². The van der Waals surface area contributed by atoms with Crippen molar-refractivity contribution in [1.82, 2.24) is 4.98 Å². The van der Waals surface area contributed by atoms with Gasteiger partial charge in [0.1, 0.15) is 11.9 Å². The number of nitrogens with two attached hydrogens (primary N) is 1. The maximum atomic E-state index is 11.3. The van der Waals surface area contributed by atoms with Crippen LogP contribution in [0.2, 0.25) is 0 Å². The third-order valence-corrected chi connectivity index (χ3v) is 2.30. The third kappa shape index (κ3) is 3.42. The summed E-state index contributed by atoms with van der Waals surface area (Å²) in [4.78, 5) is 26.0. The van der Waals surface area contributed by atoms with Crippen LogP contribution in [0.5, 0.6) is 0 Å². The molecule has 1 rings (SSSR count). The first-order valence-electron chi connectivity index (χ1n) is 5.23. The molecule has 0 bridgehead atoms. The highest BCUT2D eigenvalue weighted by atomic mass is 16.5. The largest absolute Gasteiger partial charge is 0.465 e. The Bertz CT molecular complexity index is 462. The zero-order valence-corrected chi connectivity index (χ0v) is 10.1. The molecule has 0 aromatic carbocycles. The molecule has 0 aliphatic carbocycles. The lowest BCUT2D eigenvalue weighted by molar-refractivity contribution is -0.125. The lowest BCUT2D eigenvalue weighted by Gasteiger charge is -2.10. The van der Waals surface area contributed by atoms with Crippen LogP contribution < -0.4 is 11.1 Å². The van der Waals surface area contributed by atoms with Gasteiger partial charge in [-0.25, -0.2) is 9.78 Å². The first-order valence-corrected chi connectivity index (χ1v) is 5.23. The molecular formula is C11H15N3O4. The van der Waals surface area contributed by atoms with E-state index in [2.05, 4.69) is 15.0 Å². The second kappa shape index (κ2) is 5.97. The second-order valence-electron chi connectivity index (χ2n) is 3.62. The minimum atomic E-state index is -1.28. The van der Waals surface area contributed by atoms with Crippen LogP contribution in [0.4, 0.5) is 5.82 Å². The van der Waals surface area contributed by atoms with Crippen LogP contribution in [0, 0.1) is 6.92 Å². The van der Waals surface area contributed by atoms with E-state index in [9.17, 15) is 14.7 Å². The Balaban J connectivity index is 2.73. The molecule has 7 nitrogen and oxygen atoms in total. The molecule has 0 radical (unpaired) electrons.